The minimum atomic E-state index is -0.297. The van der Waals surface area contributed by atoms with E-state index in [1.165, 1.54) is 23.9 Å². The van der Waals surface area contributed by atoms with E-state index in [4.69, 9.17) is 4.42 Å². The molecule has 0 saturated carbocycles. The van der Waals surface area contributed by atoms with Crippen LogP contribution in [0.5, 0.6) is 0 Å². The smallest absolute Gasteiger partial charge is 0.277 e. The zero-order chi connectivity index (χ0) is 20.1. The van der Waals surface area contributed by atoms with Crippen LogP contribution in [-0.4, -0.2) is 21.9 Å². The topological polar surface area (TPSA) is 80.1 Å². The summed E-state index contributed by atoms with van der Waals surface area (Å²) in [4.78, 5) is 12.3. The van der Waals surface area contributed by atoms with Gasteiger partial charge in [-0.05, 0) is 35.7 Å². The molecule has 29 heavy (non-hydrogen) atoms. The van der Waals surface area contributed by atoms with Crippen LogP contribution in [0.4, 0.5) is 15.8 Å². The highest BCUT2D eigenvalue weighted by Gasteiger charge is 2.11. The maximum Gasteiger partial charge on any atom is 0.277 e. The van der Waals surface area contributed by atoms with Gasteiger partial charge in [0.2, 0.25) is 11.8 Å². The Kier molecular flexibility index (Phi) is 5.71. The molecule has 6 nitrogen and oxygen atoms in total. The van der Waals surface area contributed by atoms with Crippen molar-refractivity contribution >= 4 is 39.8 Å². The molecule has 8 heteroatoms. The van der Waals surface area contributed by atoms with Crippen molar-refractivity contribution < 1.29 is 13.6 Å². The summed E-state index contributed by atoms with van der Waals surface area (Å²) < 4.78 is 18.4. The van der Waals surface area contributed by atoms with Gasteiger partial charge >= 0.3 is 0 Å². The molecule has 0 aliphatic rings. The predicted molar refractivity (Wildman–Crippen MR) is 111 cm³/mol. The van der Waals surface area contributed by atoms with E-state index in [0.717, 1.165) is 22.1 Å². The van der Waals surface area contributed by atoms with Gasteiger partial charge in [0.25, 0.3) is 5.22 Å². The van der Waals surface area contributed by atoms with Crippen molar-refractivity contribution in [2.45, 2.75) is 11.8 Å². The standard InChI is InChI=1S/C21H17FN4O2S/c22-15-8-10-16(11-9-15)23-12-20-25-26-21(28-20)29-13-19(27)24-18-7-3-5-14-4-1-2-6-17(14)18/h1-11,23H,12-13H2,(H,24,27). The van der Waals surface area contributed by atoms with Gasteiger partial charge in [-0.2, -0.15) is 0 Å². The van der Waals surface area contributed by atoms with Crippen molar-refractivity contribution in [2.24, 2.45) is 0 Å². The molecule has 0 atom stereocenters. The number of carbonyl (C=O) groups is 1. The van der Waals surface area contributed by atoms with Gasteiger partial charge in [-0.3, -0.25) is 4.79 Å². The van der Waals surface area contributed by atoms with Crippen LogP contribution in [0.15, 0.2) is 76.4 Å². The molecule has 2 N–H and O–H groups in total. The van der Waals surface area contributed by atoms with Crippen LogP contribution in [-0.2, 0) is 11.3 Å². The van der Waals surface area contributed by atoms with Crippen LogP contribution in [0.1, 0.15) is 5.89 Å². The number of anilines is 2. The van der Waals surface area contributed by atoms with E-state index in [1.54, 1.807) is 12.1 Å². The Morgan fingerprint density at radius 2 is 1.79 bits per heavy atom. The van der Waals surface area contributed by atoms with Crippen molar-refractivity contribution in [2.75, 3.05) is 16.4 Å². The molecule has 0 bridgehead atoms. The van der Waals surface area contributed by atoms with Gasteiger partial charge < -0.3 is 15.1 Å². The summed E-state index contributed by atoms with van der Waals surface area (Å²) >= 11 is 1.17. The lowest BCUT2D eigenvalue weighted by Gasteiger charge is -2.07. The molecule has 146 valence electrons. The first-order valence-corrected chi connectivity index (χ1v) is 9.88. The molecule has 4 aromatic rings. The largest absolute Gasteiger partial charge is 0.414 e. The predicted octanol–water partition coefficient (Wildman–Crippen LogP) is 4.70. The van der Waals surface area contributed by atoms with Gasteiger partial charge in [-0.15, -0.1) is 10.2 Å². The molecular weight excluding hydrogens is 391 g/mol. The number of halogens is 1. The Morgan fingerprint density at radius 3 is 2.66 bits per heavy atom. The summed E-state index contributed by atoms with van der Waals surface area (Å²) in [5, 5.41) is 16.2. The van der Waals surface area contributed by atoms with Crippen molar-refractivity contribution in [1.29, 1.82) is 0 Å². The average molecular weight is 408 g/mol. The van der Waals surface area contributed by atoms with Gasteiger partial charge in [-0.25, -0.2) is 4.39 Å². The minimum Gasteiger partial charge on any atom is -0.414 e. The summed E-state index contributed by atoms with van der Waals surface area (Å²) in [7, 11) is 0. The van der Waals surface area contributed by atoms with Crippen molar-refractivity contribution in [3.05, 3.63) is 78.4 Å². The number of aromatic nitrogens is 2. The first-order chi connectivity index (χ1) is 14.2. The van der Waals surface area contributed by atoms with E-state index in [-0.39, 0.29) is 17.5 Å². The van der Waals surface area contributed by atoms with Gasteiger partial charge in [0, 0.05) is 16.8 Å². The first-order valence-electron chi connectivity index (χ1n) is 8.89. The fraction of sp³-hybridized carbons (Fsp3) is 0.0952. The lowest BCUT2D eigenvalue weighted by Crippen LogP contribution is -2.14. The molecule has 0 saturated heterocycles. The van der Waals surface area contributed by atoms with E-state index in [9.17, 15) is 9.18 Å². The number of amides is 1. The molecular formula is C21H17FN4O2S. The lowest BCUT2D eigenvalue weighted by molar-refractivity contribution is -0.113. The Hall–Kier alpha value is -3.39. The Morgan fingerprint density at radius 1 is 1.00 bits per heavy atom. The highest BCUT2D eigenvalue weighted by atomic mass is 32.2. The molecule has 0 fully saturated rings. The second kappa shape index (κ2) is 8.74. The summed E-state index contributed by atoms with van der Waals surface area (Å²) in [6, 6.07) is 19.6. The average Bonchev–Trinajstić information content (AvgIpc) is 3.20. The van der Waals surface area contributed by atoms with Crippen molar-refractivity contribution in [3.63, 3.8) is 0 Å². The van der Waals surface area contributed by atoms with Gasteiger partial charge in [0.1, 0.15) is 5.82 Å². The molecule has 0 unspecified atom stereocenters. The van der Waals surface area contributed by atoms with E-state index in [0.29, 0.717) is 17.7 Å². The normalized spacial score (nSPS) is 10.8. The van der Waals surface area contributed by atoms with E-state index in [1.807, 2.05) is 42.5 Å². The summed E-state index contributed by atoms with van der Waals surface area (Å²) in [6.07, 6.45) is 0. The number of hydrogen-bond acceptors (Lipinski definition) is 6. The summed E-state index contributed by atoms with van der Waals surface area (Å²) in [5.74, 6) is 0.0756. The number of nitrogens with zero attached hydrogens (tertiary/aromatic N) is 2. The highest BCUT2D eigenvalue weighted by Crippen LogP contribution is 2.24. The van der Waals surface area contributed by atoms with Crippen LogP contribution in [0.25, 0.3) is 10.8 Å². The van der Waals surface area contributed by atoms with Crippen LogP contribution in [0.3, 0.4) is 0 Å². The zero-order valence-electron chi connectivity index (χ0n) is 15.3. The second-order valence-electron chi connectivity index (χ2n) is 6.19. The fourth-order valence-electron chi connectivity index (χ4n) is 2.76. The Bertz CT molecular complexity index is 1130. The third kappa shape index (κ3) is 4.91. The molecule has 0 aliphatic carbocycles. The SMILES string of the molecule is O=C(CSc1nnc(CNc2ccc(F)cc2)o1)Nc1cccc2ccccc12. The molecule has 4 rings (SSSR count). The van der Waals surface area contributed by atoms with Crippen molar-refractivity contribution in [3.8, 4) is 0 Å². The number of carbonyl (C=O) groups excluding carboxylic acids is 1. The monoisotopic (exact) mass is 408 g/mol. The maximum absolute atomic E-state index is 12.9. The maximum atomic E-state index is 12.9. The molecule has 0 spiro atoms. The van der Waals surface area contributed by atoms with Gasteiger partial charge in [-0.1, -0.05) is 48.2 Å². The van der Waals surface area contributed by atoms with Gasteiger partial charge in [0.05, 0.1) is 12.3 Å². The molecule has 1 amide bonds. The second-order valence-corrected chi connectivity index (χ2v) is 7.11. The van der Waals surface area contributed by atoms with Crippen LogP contribution in [0.2, 0.25) is 0 Å². The Balaban J connectivity index is 1.30. The van der Waals surface area contributed by atoms with E-state index >= 15 is 0 Å². The lowest BCUT2D eigenvalue weighted by atomic mass is 10.1. The van der Waals surface area contributed by atoms with Crippen LogP contribution in [0, 0.1) is 5.82 Å². The molecule has 0 radical (unpaired) electrons. The number of nitrogens with one attached hydrogen (secondary N) is 2. The minimum absolute atomic E-state index is 0.149. The van der Waals surface area contributed by atoms with Crippen LogP contribution < -0.4 is 10.6 Å². The molecule has 0 aliphatic heterocycles. The fourth-order valence-corrected chi connectivity index (χ4v) is 3.34. The van der Waals surface area contributed by atoms with E-state index in [2.05, 4.69) is 20.8 Å². The van der Waals surface area contributed by atoms with Crippen LogP contribution >= 0.6 is 11.8 Å². The number of benzene rings is 3. The summed E-state index contributed by atoms with van der Waals surface area (Å²) in [5.41, 5.74) is 1.51. The molecule has 1 aromatic heterocycles. The number of thioether (sulfide) groups is 1. The zero-order valence-corrected chi connectivity index (χ0v) is 16.1. The van der Waals surface area contributed by atoms with Gasteiger partial charge in [0.15, 0.2) is 0 Å². The third-order valence-electron chi connectivity index (χ3n) is 4.13. The van der Waals surface area contributed by atoms with E-state index < -0.39 is 0 Å². The molecule has 3 aromatic carbocycles. The quantitative estimate of drug-likeness (QED) is 0.431. The first kappa shape index (κ1) is 18.9. The van der Waals surface area contributed by atoms with Crippen molar-refractivity contribution in [1.82, 2.24) is 10.2 Å². The Labute approximate surface area is 170 Å². The third-order valence-corrected chi connectivity index (χ3v) is 4.95. The highest BCUT2D eigenvalue weighted by molar-refractivity contribution is 7.99. The summed E-state index contributed by atoms with van der Waals surface area (Å²) in [6.45, 7) is 0.307. The number of rotatable bonds is 7. The number of fused-ring (bicyclic) bond motifs is 1. The number of hydrogen-bond donors (Lipinski definition) is 2. The molecule has 1 heterocycles.